The van der Waals surface area contributed by atoms with Crippen LogP contribution in [0.1, 0.15) is 18.2 Å². The van der Waals surface area contributed by atoms with Gasteiger partial charge in [-0.3, -0.25) is 0 Å². The smallest absolute Gasteiger partial charge is 0.319 e. The number of hydrogen-bond acceptors (Lipinski definition) is 5. The van der Waals surface area contributed by atoms with E-state index in [1.807, 2.05) is 6.92 Å². The molecule has 1 aromatic heterocycles. The maximum absolute atomic E-state index is 11.9. The first kappa shape index (κ1) is 16.9. The summed E-state index contributed by atoms with van der Waals surface area (Å²) in [5.41, 5.74) is 1.83. The lowest BCUT2D eigenvalue weighted by molar-refractivity contribution is 0.251. The van der Waals surface area contributed by atoms with E-state index < -0.39 is 15.9 Å². The number of anilines is 1. The van der Waals surface area contributed by atoms with Crippen molar-refractivity contribution in [2.75, 3.05) is 11.6 Å². The molecular weight excluding hydrogens is 318 g/mol. The van der Waals surface area contributed by atoms with Crippen LogP contribution in [0, 0.1) is 6.92 Å². The Morgan fingerprint density at radius 2 is 2.09 bits per heavy atom. The summed E-state index contributed by atoms with van der Waals surface area (Å²) in [4.78, 5) is 12.1. The number of carbonyl (C=O) groups excluding carboxylic acids is 1. The first-order valence-corrected chi connectivity index (χ1v) is 8.93. The zero-order valence-corrected chi connectivity index (χ0v) is 14.0. The van der Waals surface area contributed by atoms with E-state index in [4.69, 9.17) is 0 Å². The number of benzene rings is 1. The number of nitrogens with zero attached hydrogens (tertiary/aromatic N) is 3. The molecule has 124 valence electrons. The van der Waals surface area contributed by atoms with Gasteiger partial charge >= 0.3 is 6.03 Å². The van der Waals surface area contributed by atoms with Gasteiger partial charge in [0, 0.05) is 18.5 Å². The van der Waals surface area contributed by atoms with Gasteiger partial charge in [0.15, 0.2) is 9.84 Å². The van der Waals surface area contributed by atoms with Crippen LogP contribution in [0.15, 0.2) is 29.3 Å². The van der Waals surface area contributed by atoms with Gasteiger partial charge < -0.3 is 10.6 Å². The van der Waals surface area contributed by atoms with Crippen molar-refractivity contribution in [3.8, 4) is 0 Å². The van der Waals surface area contributed by atoms with Gasteiger partial charge in [0.2, 0.25) is 0 Å². The Kier molecular flexibility index (Phi) is 4.99. The summed E-state index contributed by atoms with van der Waals surface area (Å²) in [7, 11) is -3.34. The van der Waals surface area contributed by atoms with Gasteiger partial charge in [-0.15, -0.1) is 5.10 Å². The quantitative estimate of drug-likeness (QED) is 0.856. The summed E-state index contributed by atoms with van der Waals surface area (Å²) in [6.45, 7) is 4.57. The number of urea groups is 1. The molecule has 0 spiro atoms. The Morgan fingerprint density at radius 3 is 2.74 bits per heavy atom. The Balaban J connectivity index is 2.03. The molecule has 8 nitrogen and oxygen atoms in total. The largest absolute Gasteiger partial charge is 0.332 e. The van der Waals surface area contributed by atoms with E-state index in [9.17, 15) is 13.2 Å². The van der Waals surface area contributed by atoms with Crippen molar-refractivity contribution in [1.82, 2.24) is 20.3 Å². The summed E-state index contributed by atoms with van der Waals surface area (Å²) >= 11 is 0. The number of rotatable bonds is 5. The average Bonchev–Trinajstić information content (AvgIpc) is 2.93. The molecule has 1 heterocycles. The standard InChI is InChI=1S/C14H19N5O3S/c1-4-19-12(9-16-18-19)8-15-14(20)17-11-6-5-10(2)13(7-11)23(3,21)22/h5-7,9H,4,8H2,1-3H3,(H2,15,17,20). The highest BCUT2D eigenvalue weighted by molar-refractivity contribution is 7.90. The second kappa shape index (κ2) is 6.78. The highest BCUT2D eigenvalue weighted by Crippen LogP contribution is 2.19. The molecule has 0 bridgehead atoms. The number of aromatic nitrogens is 3. The Bertz CT molecular complexity index is 814. The third kappa shape index (κ3) is 4.28. The molecule has 1 aromatic carbocycles. The van der Waals surface area contributed by atoms with Gasteiger partial charge in [-0.25, -0.2) is 17.9 Å². The molecule has 2 aromatic rings. The van der Waals surface area contributed by atoms with Crippen molar-refractivity contribution >= 4 is 21.6 Å². The summed E-state index contributed by atoms with van der Waals surface area (Å²) in [5, 5.41) is 12.9. The molecule has 0 aliphatic carbocycles. The Morgan fingerprint density at radius 1 is 1.35 bits per heavy atom. The molecule has 2 N–H and O–H groups in total. The minimum atomic E-state index is -3.34. The molecule has 2 rings (SSSR count). The molecule has 0 aliphatic heterocycles. The predicted molar refractivity (Wildman–Crippen MR) is 85.8 cm³/mol. The molecule has 9 heteroatoms. The van der Waals surface area contributed by atoms with Gasteiger partial charge in [-0.1, -0.05) is 11.3 Å². The highest BCUT2D eigenvalue weighted by Gasteiger charge is 2.12. The lowest BCUT2D eigenvalue weighted by Crippen LogP contribution is -2.29. The van der Waals surface area contributed by atoms with E-state index in [0.29, 0.717) is 17.8 Å². The van der Waals surface area contributed by atoms with Crippen LogP contribution in [-0.4, -0.2) is 35.7 Å². The molecule has 23 heavy (non-hydrogen) atoms. The van der Waals surface area contributed by atoms with E-state index >= 15 is 0 Å². The second-order valence-electron chi connectivity index (χ2n) is 5.10. The van der Waals surface area contributed by atoms with E-state index in [1.165, 1.54) is 6.07 Å². The van der Waals surface area contributed by atoms with Crippen molar-refractivity contribution < 1.29 is 13.2 Å². The van der Waals surface area contributed by atoms with Crippen molar-refractivity contribution in [3.63, 3.8) is 0 Å². The Labute approximate surface area is 134 Å². The lowest BCUT2D eigenvalue weighted by atomic mass is 10.2. The highest BCUT2D eigenvalue weighted by atomic mass is 32.2. The van der Waals surface area contributed by atoms with Crippen LogP contribution in [0.4, 0.5) is 10.5 Å². The van der Waals surface area contributed by atoms with Gasteiger partial charge in [-0.2, -0.15) is 0 Å². The molecule has 0 saturated carbocycles. The molecule has 0 radical (unpaired) electrons. The zero-order valence-electron chi connectivity index (χ0n) is 13.2. The van der Waals surface area contributed by atoms with Crippen LogP contribution in [-0.2, 0) is 22.9 Å². The summed E-state index contributed by atoms with van der Waals surface area (Å²) < 4.78 is 25.1. The summed E-state index contributed by atoms with van der Waals surface area (Å²) in [6.07, 6.45) is 2.72. The molecule has 0 saturated heterocycles. The number of aryl methyl sites for hydroxylation is 2. The first-order chi connectivity index (χ1) is 10.8. The topological polar surface area (TPSA) is 106 Å². The SMILES string of the molecule is CCn1nncc1CNC(=O)Nc1ccc(C)c(S(C)(=O)=O)c1. The number of amides is 2. The van der Waals surface area contributed by atoms with Crippen molar-refractivity contribution in [3.05, 3.63) is 35.7 Å². The van der Waals surface area contributed by atoms with Gasteiger partial charge in [-0.05, 0) is 31.5 Å². The van der Waals surface area contributed by atoms with Crippen LogP contribution in [0.25, 0.3) is 0 Å². The Hall–Kier alpha value is -2.42. The number of nitrogens with one attached hydrogen (secondary N) is 2. The monoisotopic (exact) mass is 337 g/mol. The predicted octanol–water partition coefficient (Wildman–Crippen LogP) is 1.33. The normalized spacial score (nSPS) is 11.3. The maximum Gasteiger partial charge on any atom is 0.319 e. The van der Waals surface area contributed by atoms with Crippen molar-refractivity contribution in [1.29, 1.82) is 0 Å². The fourth-order valence-electron chi connectivity index (χ4n) is 2.11. The van der Waals surface area contributed by atoms with Crippen LogP contribution < -0.4 is 10.6 Å². The zero-order chi connectivity index (χ0) is 17.0. The van der Waals surface area contributed by atoms with Crippen LogP contribution in [0.2, 0.25) is 0 Å². The van der Waals surface area contributed by atoms with Gasteiger partial charge in [0.25, 0.3) is 0 Å². The summed E-state index contributed by atoms with van der Waals surface area (Å²) in [5.74, 6) is 0. The van der Waals surface area contributed by atoms with Crippen LogP contribution in [0.3, 0.4) is 0 Å². The molecule has 2 amide bonds. The minimum Gasteiger partial charge on any atom is -0.332 e. The first-order valence-electron chi connectivity index (χ1n) is 7.04. The number of carbonyl (C=O) groups is 1. The van der Waals surface area contributed by atoms with Crippen molar-refractivity contribution in [2.24, 2.45) is 0 Å². The molecule has 0 unspecified atom stereocenters. The second-order valence-corrected chi connectivity index (χ2v) is 7.09. The third-order valence-electron chi connectivity index (χ3n) is 3.27. The molecule has 0 fully saturated rings. The van der Waals surface area contributed by atoms with E-state index in [2.05, 4.69) is 20.9 Å². The molecule has 0 atom stereocenters. The van der Waals surface area contributed by atoms with Crippen LogP contribution >= 0.6 is 0 Å². The minimum absolute atomic E-state index is 0.198. The third-order valence-corrected chi connectivity index (χ3v) is 4.51. The maximum atomic E-state index is 11.9. The number of sulfone groups is 1. The number of hydrogen-bond donors (Lipinski definition) is 2. The molecular formula is C14H19N5O3S. The van der Waals surface area contributed by atoms with E-state index in [1.54, 1.807) is 29.9 Å². The fourth-order valence-corrected chi connectivity index (χ4v) is 3.10. The lowest BCUT2D eigenvalue weighted by Gasteiger charge is -2.10. The van der Waals surface area contributed by atoms with Gasteiger partial charge in [0.05, 0.1) is 23.3 Å². The van der Waals surface area contributed by atoms with Crippen molar-refractivity contribution in [2.45, 2.75) is 31.8 Å². The summed E-state index contributed by atoms with van der Waals surface area (Å²) in [6, 6.07) is 4.32. The van der Waals surface area contributed by atoms with Gasteiger partial charge in [0.1, 0.15) is 0 Å². The van der Waals surface area contributed by atoms with Crippen LogP contribution in [0.5, 0.6) is 0 Å². The van der Waals surface area contributed by atoms with E-state index in [0.717, 1.165) is 11.9 Å². The molecule has 0 aliphatic rings. The fraction of sp³-hybridized carbons (Fsp3) is 0.357. The average molecular weight is 337 g/mol. The van der Waals surface area contributed by atoms with E-state index in [-0.39, 0.29) is 11.4 Å².